The molecule has 0 radical (unpaired) electrons. The van der Waals surface area contributed by atoms with E-state index < -0.39 is 15.9 Å². The Balaban J connectivity index is 1.64. The molecule has 3 N–H and O–H groups in total. The predicted molar refractivity (Wildman–Crippen MR) is 131 cm³/mol. The standard InChI is InChI=1S/C22H18Cl3N3OS/c23-22(24,25)20(27-19(29)13-10-15-6-2-1-3-7-15)28-21(30)26-18-12-11-16-8-4-5-9-17(16)14-18/h1-14,20H,(H,27,29)(H2,26,28,30)/b13-10-. The van der Waals surface area contributed by atoms with Gasteiger partial charge in [-0.05, 0) is 46.8 Å². The van der Waals surface area contributed by atoms with Gasteiger partial charge in [0.1, 0.15) is 6.17 Å². The molecule has 8 heteroatoms. The van der Waals surface area contributed by atoms with Crippen molar-refractivity contribution in [2.45, 2.75) is 9.96 Å². The zero-order valence-electron chi connectivity index (χ0n) is 15.6. The molecule has 0 saturated carbocycles. The zero-order chi connectivity index (χ0) is 21.6. The van der Waals surface area contributed by atoms with Crippen molar-refractivity contribution in [2.75, 3.05) is 5.32 Å². The Labute approximate surface area is 195 Å². The lowest BCUT2D eigenvalue weighted by Crippen LogP contribution is -2.55. The van der Waals surface area contributed by atoms with Gasteiger partial charge >= 0.3 is 0 Å². The molecule has 1 atom stereocenters. The summed E-state index contributed by atoms with van der Waals surface area (Å²) in [6, 6.07) is 23.2. The van der Waals surface area contributed by atoms with Crippen LogP contribution in [-0.2, 0) is 4.79 Å². The number of benzene rings is 3. The van der Waals surface area contributed by atoms with Crippen LogP contribution in [0, 0.1) is 0 Å². The zero-order valence-corrected chi connectivity index (χ0v) is 18.7. The van der Waals surface area contributed by atoms with Gasteiger partial charge in [0.25, 0.3) is 0 Å². The molecular formula is C22H18Cl3N3OS. The third-order valence-electron chi connectivity index (χ3n) is 4.12. The first-order valence-corrected chi connectivity index (χ1v) is 10.5. The number of nitrogens with one attached hydrogen (secondary N) is 3. The van der Waals surface area contributed by atoms with Crippen molar-refractivity contribution in [2.24, 2.45) is 0 Å². The second-order valence-corrected chi connectivity index (χ2v) is 9.16. The van der Waals surface area contributed by atoms with Crippen molar-refractivity contribution in [1.29, 1.82) is 0 Å². The number of anilines is 1. The summed E-state index contributed by atoms with van der Waals surface area (Å²) in [7, 11) is 0. The van der Waals surface area contributed by atoms with Gasteiger partial charge in [0.2, 0.25) is 9.70 Å². The second-order valence-electron chi connectivity index (χ2n) is 6.39. The maximum Gasteiger partial charge on any atom is 0.245 e. The molecule has 0 aromatic heterocycles. The largest absolute Gasteiger partial charge is 0.339 e. The molecule has 3 rings (SSSR count). The summed E-state index contributed by atoms with van der Waals surface area (Å²) in [5.74, 6) is -0.434. The minimum Gasteiger partial charge on any atom is -0.339 e. The quantitative estimate of drug-likeness (QED) is 0.192. The molecule has 0 bridgehead atoms. The highest BCUT2D eigenvalue weighted by molar-refractivity contribution is 7.80. The molecule has 0 heterocycles. The van der Waals surface area contributed by atoms with Gasteiger partial charge in [-0.1, -0.05) is 95.5 Å². The topological polar surface area (TPSA) is 53.2 Å². The van der Waals surface area contributed by atoms with Gasteiger partial charge in [-0.15, -0.1) is 0 Å². The van der Waals surface area contributed by atoms with Gasteiger partial charge in [-0.25, -0.2) is 0 Å². The number of fused-ring (bicyclic) bond motifs is 1. The maximum absolute atomic E-state index is 12.3. The number of hydrogen-bond acceptors (Lipinski definition) is 2. The van der Waals surface area contributed by atoms with E-state index in [4.69, 9.17) is 47.0 Å². The summed E-state index contributed by atoms with van der Waals surface area (Å²) in [6.07, 6.45) is 1.98. The molecule has 1 amide bonds. The summed E-state index contributed by atoms with van der Waals surface area (Å²) < 4.78 is -1.83. The Morgan fingerprint density at radius 2 is 1.57 bits per heavy atom. The summed E-state index contributed by atoms with van der Waals surface area (Å²) in [6.45, 7) is 0. The number of carbonyl (C=O) groups excluding carboxylic acids is 1. The first kappa shape index (κ1) is 22.4. The third-order valence-corrected chi connectivity index (χ3v) is 5.00. The van der Waals surface area contributed by atoms with E-state index in [9.17, 15) is 4.79 Å². The molecule has 1 unspecified atom stereocenters. The lowest BCUT2D eigenvalue weighted by Gasteiger charge is -2.27. The minimum atomic E-state index is -1.83. The van der Waals surface area contributed by atoms with Crippen LogP contribution >= 0.6 is 47.0 Å². The molecule has 3 aromatic carbocycles. The smallest absolute Gasteiger partial charge is 0.245 e. The lowest BCUT2D eigenvalue weighted by atomic mass is 10.1. The molecule has 0 spiro atoms. The summed E-state index contributed by atoms with van der Waals surface area (Å²) in [4.78, 5) is 12.3. The van der Waals surface area contributed by atoms with E-state index in [0.717, 1.165) is 22.0 Å². The van der Waals surface area contributed by atoms with E-state index in [1.165, 1.54) is 6.08 Å². The van der Waals surface area contributed by atoms with Crippen LogP contribution in [0.2, 0.25) is 0 Å². The van der Waals surface area contributed by atoms with Gasteiger partial charge in [0.05, 0.1) is 0 Å². The Morgan fingerprint density at radius 1 is 0.900 bits per heavy atom. The van der Waals surface area contributed by atoms with Gasteiger partial charge in [0.15, 0.2) is 5.11 Å². The molecule has 3 aromatic rings. The van der Waals surface area contributed by atoms with E-state index >= 15 is 0 Å². The van der Waals surface area contributed by atoms with Crippen molar-refractivity contribution in [3.63, 3.8) is 0 Å². The van der Waals surface area contributed by atoms with Gasteiger partial charge in [-0.2, -0.15) is 0 Å². The second kappa shape index (κ2) is 10.1. The molecule has 0 saturated heterocycles. The maximum atomic E-state index is 12.3. The van der Waals surface area contributed by atoms with Crippen LogP contribution in [-0.4, -0.2) is 21.0 Å². The number of alkyl halides is 3. The van der Waals surface area contributed by atoms with Crippen LogP contribution in [0.4, 0.5) is 5.69 Å². The molecule has 0 aliphatic carbocycles. The molecule has 0 aliphatic heterocycles. The van der Waals surface area contributed by atoms with Gasteiger partial charge in [-0.3, -0.25) is 4.79 Å². The number of carbonyl (C=O) groups is 1. The third kappa shape index (κ3) is 6.61. The number of halogens is 3. The van der Waals surface area contributed by atoms with Crippen LogP contribution in [0.1, 0.15) is 5.56 Å². The van der Waals surface area contributed by atoms with Gasteiger partial charge < -0.3 is 16.0 Å². The fraction of sp³-hybridized carbons (Fsp3) is 0.0909. The Bertz CT molecular complexity index is 1070. The number of hydrogen-bond donors (Lipinski definition) is 3. The van der Waals surface area contributed by atoms with Crippen LogP contribution in [0.5, 0.6) is 0 Å². The Morgan fingerprint density at radius 3 is 2.27 bits per heavy atom. The number of thiocarbonyl (C=S) groups is 1. The predicted octanol–water partition coefficient (Wildman–Crippen LogP) is 5.65. The van der Waals surface area contributed by atoms with E-state index in [0.29, 0.717) is 0 Å². The van der Waals surface area contributed by atoms with Crippen molar-refractivity contribution < 1.29 is 4.79 Å². The Hall–Kier alpha value is -2.31. The fourth-order valence-electron chi connectivity index (χ4n) is 2.69. The van der Waals surface area contributed by atoms with Crippen LogP contribution in [0.3, 0.4) is 0 Å². The first-order valence-electron chi connectivity index (χ1n) is 8.98. The van der Waals surface area contributed by atoms with E-state index in [-0.39, 0.29) is 5.11 Å². The first-order chi connectivity index (χ1) is 14.3. The average Bonchev–Trinajstić information content (AvgIpc) is 2.72. The number of rotatable bonds is 5. The summed E-state index contributed by atoms with van der Waals surface area (Å²) in [5.41, 5.74) is 1.64. The minimum absolute atomic E-state index is 0.203. The monoisotopic (exact) mass is 477 g/mol. The SMILES string of the molecule is O=C(/C=C\c1ccccc1)NC(NC(=S)Nc1ccc2ccccc2c1)C(Cl)(Cl)Cl. The molecule has 0 aliphatic rings. The van der Waals surface area contributed by atoms with E-state index in [1.54, 1.807) is 6.08 Å². The summed E-state index contributed by atoms with van der Waals surface area (Å²) >= 11 is 23.4. The normalized spacial score (nSPS) is 12.5. The average molecular weight is 479 g/mol. The molecule has 0 fully saturated rings. The molecule has 154 valence electrons. The lowest BCUT2D eigenvalue weighted by molar-refractivity contribution is -0.117. The summed E-state index contributed by atoms with van der Waals surface area (Å²) in [5, 5.41) is 10.9. The number of amides is 1. The highest BCUT2D eigenvalue weighted by atomic mass is 35.6. The van der Waals surface area contributed by atoms with Crippen molar-refractivity contribution in [1.82, 2.24) is 10.6 Å². The molecular weight excluding hydrogens is 461 g/mol. The fourth-order valence-corrected chi connectivity index (χ4v) is 3.25. The Kier molecular flexibility index (Phi) is 7.56. The van der Waals surface area contributed by atoms with Crippen LogP contribution < -0.4 is 16.0 Å². The van der Waals surface area contributed by atoms with Crippen molar-refractivity contribution >= 4 is 80.6 Å². The van der Waals surface area contributed by atoms with Crippen molar-refractivity contribution in [3.05, 3.63) is 84.4 Å². The molecule has 30 heavy (non-hydrogen) atoms. The van der Waals surface area contributed by atoms with Crippen LogP contribution in [0.25, 0.3) is 16.8 Å². The van der Waals surface area contributed by atoms with Crippen LogP contribution in [0.15, 0.2) is 78.9 Å². The molecule has 4 nitrogen and oxygen atoms in total. The van der Waals surface area contributed by atoms with Gasteiger partial charge in [0, 0.05) is 11.8 Å². The highest BCUT2D eigenvalue weighted by Crippen LogP contribution is 2.29. The van der Waals surface area contributed by atoms with E-state index in [2.05, 4.69) is 16.0 Å². The van der Waals surface area contributed by atoms with Crippen molar-refractivity contribution in [3.8, 4) is 0 Å². The van der Waals surface area contributed by atoms with E-state index in [1.807, 2.05) is 72.8 Å². The highest BCUT2D eigenvalue weighted by Gasteiger charge is 2.34.